The zero-order chi connectivity index (χ0) is 25.2. The molecular formula is C20H34N2O8S2. The molecule has 0 aliphatic heterocycles. The Bertz CT molecular complexity index is 851. The lowest BCUT2D eigenvalue weighted by Crippen LogP contribution is -2.51. The third kappa shape index (κ3) is 22.5. The summed E-state index contributed by atoms with van der Waals surface area (Å²) >= 11 is 0. The van der Waals surface area contributed by atoms with Crippen molar-refractivity contribution in [3.63, 3.8) is 0 Å². The molecule has 12 heteroatoms. The molecule has 0 unspecified atom stereocenters. The van der Waals surface area contributed by atoms with Gasteiger partial charge in [-0.25, -0.2) is 16.8 Å². The van der Waals surface area contributed by atoms with E-state index in [9.17, 15) is 25.9 Å². The number of hydrogen-bond donors (Lipinski definition) is 4. The maximum atomic E-state index is 9.44. The van der Waals surface area contributed by atoms with Crippen LogP contribution in [0.25, 0.3) is 0 Å². The van der Waals surface area contributed by atoms with Gasteiger partial charge in [0.2, 0.25) is 0 Å². The standard InChI is InChI=1S/2C8H11NO.2C2H6O3S/c2*9-6-5-7-1-3-8(10)4-2-7;2*1-2-6(3,4)5/h2*1-4,10H,5-6,9H2;2*2H2,1H3,(H,3,4,5). The molecule has 0 bridgehead atoms. The Morgan fingerprint density at radius 3 is 1.03 bits per heavy atom. The van der Waals surface area contributed by atoms with Crippen molar-refractivity contribution in [1.29, 1.82) is 0 Å². The zero-order valence-corrected chi connectivity index (χ0v) is 20.1. The van der Waals surface area contributed by atoms with Crippen molar-refractivity contribution in [1.82, 2.24) is 0 Å². The number of phenols is 2. The normalized spacial score (nSPS) is 10.4. The van der Waals surface area contributed by atoms with Gasteiger partial charge in [0, 0.05) is 24.3 Å². The molecule has 0 aliphatic carbocycles. The summed E-state index contributed by atoms with van der Waals surface area (Å²) in [6.07, 6.45) is 1.97. The van der Waals surface area contributed by atoms with Crippen LogP contribution in [0.2, 0.25) is 0 Å². The monoisotopic (exact) mass is 494 g/mol. The smallest absolute Gasteiger partial charge is 0.115 e. The van der Waals surface area contributed by atoms with Crippen LogP contribution in [-0.2, 0) is 33.1 Å². The Hall–Kier alpha value is -2.22. The second-order valence-electron chi connectivity index (χ2n) is 6.23. The van der Waals surface area contributed by atoms with E-state index in [1.54, 1.807) is 24.3 Å². The summed E-state index contributed by atoms with van der Waals surface area (Å²) in [5.41, 5.74) is 9.94. The molecule has 2 aromatic carbocycles. The van der Waals surface area contributed by atoms with Crippen molar-refractivity contribution < 1.29 is 47.6 Å². The van der Waals surface area contributed by atoms with Crippen molar-refractivity contribution in [2.45, 2.75) is 26.7 Å². The Kier molecular flexibility index (Phi) is 17.3. The lowest BCUT2D eigenvalue weighted by Gasteiger charge is -1.97. The largest absolute Gasteiger partial charge is 0.748 e. The first-order valence-corrected chi connectivity index (χ1v) is 12.9. The fourth-order valence-electron chi connectivity index (χ4n) is 1.73. The van der Waals surface area contributed by atoms with Gasteiger partial charge >= 0.3 is 0 Å². The predicted octanol–water partition coefficient (Wildman–Crippen LogP) is -0.544. The summed E-state index contributed by atoms with van der Waals surface area (Å²) in [5, 5.41) is 17.8. The Labute approximate surface area is 190 Å². The average molecular weight is 495 g/mol. The van der Waals surface area contributed by atoms with Gasteiger partial charge in [0.1, 0.15) is 11.5 Å². The van der Waals surface area contributed by atoms with Gasteiger partial charge in [0.25, 0.3) is 0 Å². The fraction of sp³-hybridized carbons (Fsp3) is 0.400. The summed E-state index contributed by atoms with van der Waals surface area (Å²) in [6.45, 7) is 4.43. The van der Waals surface area contributed by atoms with E-state index >= 15 is 0 Å². The molecule has 0 saturated carbocycles. The quantitative estimate of drug-likeness (QED) is 0.382. The molecule has 10 nitrogen and oxygen atoms in total. The van der Waals surface area contributed by atoms with Crippen molar-refractivity contribution in [2.75, 3.05) is 24.6 Å². The van der Waals surface area contributed by atoms with Gasteiger partial charge in [0.05, 0.1) is 33.3 Å². The van der Waals surface area contributed by atoms with Crippen LogP contribution < -0.4 is 11.5 Å². The molecule has 0 fully saturated rings. The molecule has 184 valence electrons. The summed E-state index contributed by atoms with van der Waals surface area (Å²) in [4.78, 5) is 0. The van der Waals surface area contributed by atoms with E-state index in [1.165, 1.54) is 25.0 Å². The number of phenolic OH excluding ortho intramolecular Hbond substituents is 2. The summed E-state index contributed by atoms with van der Waals surface area (Å²) in [6, 6.07) is 14.5. The van der Waals surface area contributed by atoms with Gasteiger partial charge < -0.3 is 30.8 Å². The number of aromatic hydroxyl groups is 2. The van der Waals surface area contributed by atoms with Gasteiger partial charge in [-0.05, 0) is 35.4 Å². The van der Waals surface area contributed by atoms with Crippen LogP contribution in [0.4, 0.5) is 0 Å². The minimum absolute atomic E-state index is 0.312. The molecule has 8 N–H and O–H groups in total. The third-order valence-electron chi connectivity index (χ3n) is 3.51. The number of benzene rings is 2. The zero-order valence-electron chi connectivity index (χ0n) is 18.4. The molecule has 0 radical (unpaired) electrons. The number of rotatable bonds is 6. The van der Waals surface area contributed by atoms with Crippen molar-refractivity contribution >= 4 is 20.2 Å². The summed E-state index contributed by atoms with van der Waals surface area (Å²) < 4.78 is 56.7. The molecular weight excluding hydrogens is 460 g/mol. The Balaban J connectivity index is 0. The van der Waals surface area contributed by atoms with Crippen LogP contribution in [0.15, 0.2) is 48.5 Å². The minimum Gasteiger partial charge on any atom is -0.748 e. The van der Waals surface area contributed by atoms with Crippen molar-refractivity contribution in [2.24, 2.45) is 0 Å². The molecule has 0 heterocycles. The number of hydrogen-bond acceptors (Lipinski definition) is 8. The molecule has 0 spiro atoms. The second kappa shape index (κ2) is 17.3. The van der Waals surface area contributed by atoms with Crippen LogP contribution >= 0.6 is 0 Å². The molecule has 0 aliphatic rings. The van der Waals surface area contributed by atoms with E-state index in [4.69, 9.17) is 10.2 Å². The first-order chi connectivity index (χ1) is 14.8. The molecule has 0 aromatic heterocycles. The van der Waals surface area contributed by atoms with Crippen molar-refractivity contribution in [3.05, 3.63) is 59.7 Å². The molecule has 2 rings (SSSR count). The first kappa shape index (κ1) is 32.0. The second-order valence-corrected chi connectivity index (χ2v) is 9.62. The van der Waals surface area contributed by atoms with Gasteiger partial charge in [-0.1, -0.05) is 38.1 Å². The molecule has 0 atom stereocenters. The van der Waals surface area contributed by atoms with E-state index in [0.717, 1.165) is 25.9 Å². The highest BCUT2D eigenvalue weighted by Gasteiger charge is 1.91. The van der Waals surface area contributed by atoms with Gasteiger partial charge in [0.15, 0.2) is 0 Å². The Morgan fingerprint density at radius 2 is 0.875 bits per heavy atom. The van der Waals surface area contributed by atoms with Gasteiger partial charge in [-0.2, -0.15) is 0 Å². The van der Waals surface area contributed by atoms with Crippen molar-refractivity contribution in [3.8, 4) is 11.5 Å². The first-order valence-electron chi connectivity index (χ1n) is 9.79. The van der Waals surface area contributed by atoms with E-state index in [2.05, 4.69) is 11.5 Å². The van der Waals surface area contributed by atoms with Gasteiger partial charge in [-0.3, -0.25) is 0 Å². The van der Waals surface area contributed by atoms with E-state index in [0.29, 0.717) is 11.5 Å². The van der Waals surface area contributed by atoms with E-state index in [-0.39, 0.29) is 11.5 Å². The SMILES string of the molecule is CCS(=O)(=O)[O-].CCS(=O)(=O)[O-].[NH3+]CCc1ccc(O)cc1.[NH3+]CCc1ccc(O)cc1. The van der Waals surface area contributed by atoms with Crippen LogP contribution in [-0.4, -0.2) is 60.7 Å². The average Bonchev–Trinajstić information content (AvgIpc) is 2.72. The predicted molar refractivity (Wildman–Crippen MR) is 120 cm³/mol. The summed E-state index contributed by atoms with van der Waals surface area (Å²) in [7, 11) is -7.82. The summed E-state index contributed by atoms with van der Waals surface area (Å²) in [5.74, 6) is 0.0284. The Morgan fingerprint density at radius 1 is 0.656 bits per heavy atom. The molecule has 0 amide bonds. The third-order valence-corrected chi connectivity index (χ3v) is 4.92. The molecule has 32 heavy (non-hydrogen) atoms. The van der Waals surface area contributed by atoms with Crippen LogP contribution in [0.5, 0.6) is 11.5 Å². The highest BCUT2D eigenvalue weighted by molar-refractivity contribution is 7.85. The molecule has 0 saturated heterocycles. The lowest BCUT2D eigenvalue weighted by atomic mass is 10.1. The van der Waals surface area contributed by atoms with Crippen LogP contribution in [0.1, 0.15) is 25.0 Å². The molecule has 2 aromatic rings. The van der Waals surface area contributed by atoms with E-state index < -0.39 is 20.2 Å². The van der Waals surface area contributed by atoms with Gasteiger partial charge in [-0.15, -0.1) is 0 Å². The fourth-order valence-corrected chi connectivity index (χ4v) is 1.73. The highest BCUT2D eigenvalue weighted by Crippen LogP contribution is 2.09. The maximum absolute atomic E-state index is 9.44. The maximum Gasteiger partial charge on any atom is 0.115 e. The van der Waals surface area contributed by atoms with Crippen LogP contribution in [0, 0.1) is 0 Å². The van der Waals surface area contributed by atoms with Crippen LogP contribution in [0.3, 0.4) is 0 Å². The minimum atomic E-state index is -3.91. The topological polar surface area (TPSA) is 210 Å². The lowest BCUT2D eigenvalue weighted by molar-refractivity contribution is -0.367. The number of quaternary nitrogens is 2. The highest BCUT2D eigenvalue weighted by atomic mass is 32.2. The van der Waals surface area contributed by atoms with E-state index in [1.807, 2.05) is 24.3 Å².